The lowest BCUT2D eigenvalue weighted by molar-refractivity contribution is -0.192. The Morgan fingerprint density at radius 1 is 1.00 bits per heavy atom. The van der Waals surface area contributed by atoms with Crippen molar-refractivity contribution >= 4 is 22.0 Å². The van der Waals surface area contributed by atoms with Crippen LogP contribution in [-0.2, 0) is 19.6 Å². The SMILES string of the molecule is CC(=O)N1C2CCC(C3CC(N4CCCS4(=O)=O)CC(C(F)(F)F)C3)CC2N(C(=O)OC(C)C)C[C@@H]1C. The van der Waals surface area contributed by atoms with Crippen molar-refractivity contribution in [3.05, 3.63) is 0 Å². The van der Waals surface area contributed by atoms with Gasteiger partial charge in [0.1, 0.15) is 0 Å². The Morgan fingerprint density at radius 2 is 1.70 bits per heavy atom. The molecular weight excluding hydrogens is 511 g/mol. The van der Waals surface area contributed by atoms with Crippen molar-refractivity contribution in [2.24, 2.45) is 17.8 Å². The van der Waals surface area contributed by atoms with E-state index in [1.807, 2.05) is 11.8 Å². The van der Waals surface area contributed by atoms with E-state index < -0.39 is 34.3 Å². The predicted molar refractivity (Wildman–Crippen MR) is 131 cm³/mol. The topological polar surface area (TPSA) is 87.2 Å². The Balaban J connectivity index is 1.59. The van der Waals surface area contributed by atoms with E-state index in [1.54, 1.807) is 18.7 Å². The first-order chi connectivity index (χ1) is 17.2. The van der Waals surface area contributed by atoms with Gasteiger partial charge in [-0.25, -0.2) is 13.2 Å². The summed E-state index contributed by atoms with van der Waals surface area (Å²) in [6.45, 7) is 7.52. The molecule has 0 bridgehead atoms. The highest BCUT2D eigenvalue weighted by Gasteiger charge is 2.52. The van der Waals surface area contributed by atoms with Crippen LogP contribution in [0.4, 0.5) is 18.0 Å². The van der Waals surface area contributed by atoms with Crippen LogP contribution >= 0.6 is 0 Å². The molecule has 7 atom stereocenters. The van der Waals surface area contributed by atoms with E-state index in [0.717, 1.165) is 0 Å². The van der Waals surface area contributed by atoms with Crippen molar-refractivity contribution in [1.29, 1.82) is 0 Å². The van der Waals surface area contributed by atoms with Gasteiger partial charge < -0.3 is 14.5 Å². The fourth-order valence-electron chi connectivity index (χ4n) is 7.40. The third-order valence-electron chi connectivity index (χ3n) is 8.84. The first-order valence-corrected chi connectivity index (χ1v) is 15.1. The van der Waals surface area contributed by atoms with Crippen LogP contribution < -0.4 is 0 Å². The average molecular weight is 552 g/mol. The summed E-state index contributed by atoms with van der Waals surface area (Å²) in [7, 11) is -3.53. The second-order valence-corrected chi connectivity index (χ2v) is 13.7. The zero-order valence-electron chi connectivity index (χ0n) is 22.1. The molecular formula is C25H40F3N3O5S. The standard InChI is InChI=1S/C25H40F3N3O5S/c1-15(2)36-24(33)29-14-16(3)31(17(4)32)22-7-6-18(12-23(22)29)19-10-20(25(26,27)28)13-21(11-19)30-8-5-9-37(30,34)35/h15-16,18-23H,5-14H2,1-4H3/t16-,18?,19?,20?,21?,22?,23?/m0/s1. The van der Waals surface area contributed by atoms with Gasteiger partial charge in [0.25, 0.3) is 0 Å². The zero-order valence-corrected chi connectivity index (χ0v) is 22.9. The summed E-state index contributed by atoms with van der Waals surface area (Å²) < 4.78 is 73.9. The molecule has 0 aromatic heterocycles. The number of nitrogens with zero attached hydrogens (tertiary/aromatic N) is 3. The average Bonchev–Trinajstić information content (AvgIpc) is 3.15. The Labute approximate surface area is 217 Å². The molecule has 2 aliphatic carbocycles. The molecule has 0 radical (unpaired) electrons. The van der Waals surface area contributed by atoms with Crippen molar-refractivity contribution in [3.8, 4) is 0 Å². The van der Waals surface area contributed by atoms with E-state index in [9.17, 15) is 31.2 Å². The molecule has 6 unspecified atom stereocenters. The quantitative estimate of drug-likeness (QED) is 0.529. The van der Waals surface area contributed by atoms with Gasteiger partial charge in [-0.1, -0.05) is 0 Å². The molecule has 2 heterocycles. The zero-order chi connectivity index (χ0) is 27.3. The van der Waals surface area contributed by atoms with E-state index in [4.69, 9.17) is 4.74 Å². The van der Waals surface area contributed by atoms with Gasteiger partial charge in [0.15, 0.2) is 0 Å². The number of piperazine rings is 1. The number of hydrogen-bond acceptors (Lipinski definition) is 5. The summed E-state index contributed by atoms with van der Waals surface area (Å²) in [4.78, 5) is 29.0. The number of amides is 2. The van der Waals surface area contributed by atoms with Gasteiger partial charge in [0, 0.05) is 32.1 Å². The molecule has 0 aromatic rings. The maximum Gasteiger partial charge on any atom is 0.410 e. The first-order valence-electron chi connectivity index (χ1n) is 13.5. The number of carbonyl (C=O) groups is 2. The molecule has 0 N–H and O–H groups in total. The second-order valence-electron chi connectivity index (χ2n) is 11.7. The highest BCUT2D eigenvalue weighted by Crippen LogP contribution is 2.49. The predicted octanol–water partition coefficient (Wildman–Crippen LogP) is 4.00. The van der Waals surface area contributed by atoms with Crippen LogP contribution in [0.15, 0.2) is 0 Å². The minimum atomic E-state index is -4.39. The minimum Gasteiger partial charge on any atom is -0.447 e. The molecule has 2 saturated heterocycles. The lowest BCUT2D eigenvalue weighted by atomic mass is 9.66. The van der Waals surface area contributed by atoms with Gasteiger partial charge in [-0.3, -0.25) is 4.79 Å². The normalized spacial score (nSPS) is 36.9. The highest BCUT2D eigenvalue weighted by molar-refractivity contribution is 7.89. The van der Waals surface area contributed by atoms with Crippen LogP contribution in [0.3, 0.4) is 0 Å². The van der Waals surface area contributed by atoms with Crippen molar-refractivity contribution in [3.63, 3.8) is 0 Å². The van der Waals surface area contributed by atoms with Crippen LogP contribution in [0.5, 0.6) is 0 Å². The Bertz CT molecular complexity index is 975. The summed E-state index contributed by atoms with van der Waals surface area (Å²) in [5.41, 5.74) is 0. The maximum absolute atomic E-state index is 14.0. The number of rotatable bonds is 3. The van der Waals surface area contributed by atoms with Crippen molar-refractivity contribution in [1.82, 2.24) is 14.1 Å². The monoisotopic (exact) mass is 551 g/mol. The maximum atomic E-state index is 14.0. The van der Waals surface area contributed by atoms with Gasteiger partial charge >= 0.3 is 12.3 Å². The van der Waals surface area contributed by atoms with E-state index in [2.05, 4.69) is 0 Å². The largest absolute Gasteiger partial charge is 0.447 e. The number of alkyl halides is 3. The highest BCUT2D eigenvalue weighted by atomic mass is 32.2. The number of ether oxygens (including phenoxy) is 1. The molecule has 2 aliphatic heterocycles. The summed E-state index contributed by atoms with van der Waals surface area (Å²) >= 11 is 0. The van der Waals surface area contributed by atoms with Gasteiger partial charge in [0.05, 0.1) is 29.9 Å². The molecule has 8 nitrogen and oxygen atoms in total. The molecule has 4 rings (SSSR count). The molecule has 0 spiro atoms. The number of hydrogen-bond donors (Lipinski definition) is 0. The van der Waals surface area contributed by atoms with Crippen molar-refractivity contribution in [2.75, 3.05) is 18.8 Å². The van der Waals surface area contributed by atoms with E-state index in [1.165, 1.54) is 11.2 Å². The Morgan fingerprint density at radius 3 is 2.27 bits per heavy atom. The summed E-state index contributed by atoms with van der Waals surface area (Å²) in [6, 6.07) is -1.40. The molecule has 37 heavy (non-hydrogen) atoms. The summed E-state index contributed by atoms with van der Waals surface area (Å²) in [5, 5.41) is 0. The fourth-order valence-corrected chi connectivity index (χ4v) is 9.16. The van der Waals surface area contributed by atoms with Gasteiger partial charge in [-0.15, -0.1) is 0 Å². The van der Waals surface area contributed by atoms with Crippen LogP contribution in [-0.4, -0.2) is 89.8 Å². The third kappa shape index (κ3) is 5.89. The number of fused-ring (bicyclic) bond motifs is 1. The third-order valence-corrected chi connectivity index (χ3v) is 10.8. The second kappa shape index (κ2) is 10.5. The molecule has 2 saturated carbocycles. The molecule has 2 amide bonds. The van der Waals surface area contributed by atoms with E-state index >= 15 is 0 Å². The number of sulfonamides is 1. The molecule has 12 heteroatoms. The molecule has 212 valence electrons. The fraction of sp³-hybridized carbons (Fsp3) is 0.920. The van der Waals surface area contributed by atoms with Crippen LogP contribution in [0.25, 0.3) is 0 Å². The smallest absolute Gasteiger partial charge is 0.410 e. The van der Waals surface area contributed by atoms with Gasteiger partial charge in [0.2, 0.25) is 15.9 Å². The Hall–Kier alpha value is -1.56. The van der Waals surface area contributed by atoms with Crippen LogP contribution in [0, 0.1) is 17.8 Å². The molecule has 4 aliphatic rings. The van der Waals surface area contributed by atoms with Crippen LogP contribution in [0.1, 0.15) is 72.6 Å². The van der Waals surface area contributed by atoms with E-state index in [0.29, 0.717) is 38.6 Å². The van der Waals surface area contributed by atoms with Gasteiger partial charge in [-0.2, -0.15) is 17.5 Å². The summed E-state index contributed by atoms with van der Waals surface area (Å²) in [6.07, 6.45) is -2.85. The molecule has 0 aromatic carbocycles. The first kappa shape index (κ1) is 28.4. The number of halogens is 3. The molecule has 4 fully saturated rings. The Kier molecular flexibility index (Phi) is 8.11. The van der Waals surface area contributed by atoms with Crippen molar-refractivity contribution in [2.45, 2.75) is 109 Å². The van der Waals surface area contributed by atoms with Crippen LogP contribution in [0.2, 0.25) is 0 Å². The number of carbonyl (C=O) groups excluding carboxylic acids is 2. The summed E-state index contributed by atoms with van der Waals surface area (Å²) in [5.74, 6) is -2.05. The van der Waals surface area contributed by atoms with Gasteiger partial charge in [-0.05, 0) is 77.6 Å². The van der Waals surface area contributed by atoms with E-state index in [-0.39, 0.29) is 67.1 Å². The minimum absolute atomic E-state index is 0.00990. The lowest BCUT2D eigenvalue weighted by Crippen LogP contribution is -2.67. The lowest BCUT2D eigenvalue weighted by Gasteiger charge is -2.55. The van der Waals surface area contributed by atoms with Crippen molar-refractivity contribution < 1.29 is 35.9 Å².